The summed E-state index contributed by atoms with van der Waals surface area (Å²) in [6.07, 6.45) is 10.2. The Morgan fingerprint density at radius 3 is 3.11 bits per heavy atom. The van der Waals surface area contributed by atoms with Gasteiger partial charge in [0.25, 0.3) is 0 Å². The maximum absolute atomic E-state index is 5.84. The quantitative estimate of drug-likeness (QED) is 0.840. The van der Waals surface area contributed by atoms with Crippen LogP contribution >= 0.6 is 0 Å². The molecule has 0 aliphatic carbocycles. The average Bonchev–Trinajstić information content (AvgIpc) is 2.41. The van der Waals surface area contributed by atoms with Crippen LogP contribution in [0.15, 0.2) is 24.5 Å². The number of hydrogen-bond donors (Lipinski definition) is 1. The number of aromatic nitrogens is 1. The molecule has 2 unspecified atom stereocenters. The van der Waals surface area contributed by atoms with Crippen molar-refractivity contribution < 1.29 is 4.74 Å². The standard InChI is InChI=1S/C15H24N2O/c1-2-17-14(10-13-6-5-8-16-12-13)11-15-7-3-4-9-18-15/h5-6,8,12,14-15,17H,2-4,7,9-11H2,1H3. The highest BCUT2D eigenvalue weighted by atomic mass is 16.5. The summed E-state index contributed by atoms with van der Waals surface area (Å²) >= 11 is 0. The second-order valence-corrected chi connectivity index (χ2v) is 5.04. The zero-order chi connectivity index (χ0) is 12.6. The van der Waals surface area contributed by atoms with Crippen LogP contribution in [0.5, 0.6) is 0 Å². The van der Waals surface area contributed by atoms with Gasteiger partial charge in [-0.2, -0.15) is 0 Å². The normalized spacial score (nSPS) is 21.7. The van der Waals surface area contributed by atoms with Crippen molar-refractivity contribution in [3.63, 3.8) is 0 Å². The third kappa shape index (κ3) is 4.39. The molecule has 18 heavy (non-hydrogen) atoms. The van der Waals surface area contributed by atoms with Gasteiger partial charge in [0.2, 0.25) is 0 Å². The largest absolute Gasteiger partial charge is 0.378 e. The topological polar surface area (TPSA) is 34.2 Å². The second-order valence-electron chi connectivity index (χ2n) is 5.04. The minimum absolute atomic E-state index is 0.444. The summed E-state index contributed by atoms with van der Waals surface area (Å²) in [5.41, 5.74) is 1.30. The predicted molar refractivity (Wildman–Crippen MR) is 73.6 cm³/mol. The summed E-state index contributed by atoms with van der Waals surface area (Å²) < 4.78 is 5.84. The highest BCUT2D eigenvalue weighted by Gasteiger charge is 2.19. The molecule has 3 nitrogen and oxygen atoms in total. The Balaban J connectivity index is 1.86. The van der Waals surface area contributed by atoms with Gasteiger partial charge in [0.15, 0.2) is 0 Å². The van der Waals surface area contributed by atoms with Crippen LogP contribution in [0.1, 0.15) is 38.2 Å². The highest BCUT2D eigenvalue weighted by molar-refractivity contribution is 5.10. The first-order valence-electron chi connectivity index (χ1n) is 7.12. The van der Waals surface area contributed by atoms with Crippen LogP contribution in [-0.4, -0.2) is 30.3 Å². The van der Waals surface area contributed by atoms with Crippen LogP contribution < -0.4 is 5.32 Å². The van der Waals surface area contributed by atoms with Crippen molar-refractivity contribution in [3.8, 4) is 0 Å². The summed E-state index contributed by atoms with van der Waals surface area (Å²) in [5.74, 6) is 0. The van der Waals surface area contributed by atoms with Gasteiger partial charge >= 0.3 is 0 Å². The Kier molecular flexibility index (Phi) is 5.62. The van der Waals surface area contributed by atoms with Gasteiger partial charge in [0.1, 0.15) is 0 Å². The van der Waals surface area contributed by atoms with Gasteiger partial charge in [0.05, 0.1) is 6.10 Å². The molecule has 0 spiro atoms. The zero-order valence-electron chi connectivity index (χ0n) is 11.3. The molecule has 0 saturated carbocycles. The molecule has 2 heterocycles. The van der Waals surface area contributed by atoms with Crippen molar-refractivity contribution in [1.29, 1.82) is 0 Å². The molecule has 1 aliphatic rings. The predicted octanol–water partition coefficient (Wildman–Crippen LogP) is 2.56. The molecule has 100 valence electrons. The molecular weight excluding hydrogens is 224 g/mol. The molecule has 0 bridgehead atoms. The lowest BCUT2D eigenvalue weighted by atomic mass is 9.97. The first-order chi connectivity index (χ1) is 8.88. The van der Waals surface area contributed by atoms with E-state index in [1.54, 1.807) is 0 Å². The van der Waals surface area contributed by atoms with E-state index in [4.69, 9.17) is 4.74 Å². The van der Waals surface area contributed by atoms with Crippen LogP contribution in [0.25, 0.3) is 0 Å². The monoisotopic (exact) mass is 248 g/mol. The van der Waals surface area contributed by atoms with E-state index in [0.29, 0.717) is 12.1 Å². The number of pyridine rings is 1. The van der Waals surface area contributed by atoms with Gasteiger partial charge in [-0.15, -0.1) is 0 Å². The third-order valence-corrected chi connectivity index (χ3v) is 3.52. The second kappa shape index (κ2) is 7.49. The van der Waals surface area contributed by atoms with Gasteiger partial charge in [-0.3, -0.25) is 4.98 Å². The summed E-state index contributed by atoms with van der Waals surface area (Å²) in [6, 6.07) is 4.66. The number of nitrogens with one attached hydrogen (secondary N) is 1. The minimum Gasteiger partial charge on any atom is -0.378 e. The Morgan fingerprint density at radius 2 is 2.44 bits per heavy atom. The lowest BCUT2D eigenvalue weighted by Gasteiger charge is -2.27. The fourth-order valence-corrected chi connectivity index (χ4v) is 2.64. The summed E-state index contributed by atoms with van der Waals surface area (Å²) in [7, 11) is 0. The molecule has 2 atom stereocenters. The molecule has 0 aromatic carbocycles. The number of hydrogen-bond acceptors (Lipinski definition) is 3. The molecule has 1 aliphatic heterocycles. The van der Waals surface area contributed by atoms with Crippen LogP contribution in [-0.2, 0) is 11.2 Å². The van der Waals surface area contributed by atoms with Crippen LogP contribution in [0, 0.1) is 0 Å². The van der Waals surface area contributed by atoms with Crippen molar-refractivity contribution in [2.75, 3.05) is 13.2 Å². The summed E-state index contributed by atoms with van der Waals surface area (Å²) in [4.78, 5) is 4.19. The summed E-state index contributed by atoms with van der Waals surface area (Å²) in [6.45, 7) is 4.12. The Bertz CT molecular complexity index is 323. The molecule has 3 heteroatoms. The van der Waals surface area contributed by atoms with Crippen molar-refractivity contribution in [2.45, 2.75) is 51.2 Å². The van der Waals surface area contributed by atoms with E-state index in [9.17, 15) is 0 Å². The molecule has 0 radical (unpaired) electrons. The van der Waals surface area contributed by atoms with E-state index in [1.807, 2.05) is 18.5 Å². The molecule has 1 fully saturated rings. The van der Waals surface area contributed by atoms with Crippen molar-refractivity contribution >= 4 is 0 Å². The van der Waals surface area contributed by atoms with Gasteiger partial charge in [-0.1, -0.05) is 13.0 Å². The first-order valence-corrected chi connectivity index (χ1v) is 7.12. The molecule has 0 amide bonds. The number of ether oxygens (including phenoxy) is 1. The zero-order valence-corrected chi connectivity index (χ0v) is 11.3. The Morgan fingerprint density at radius 1 is 1.50 bits per heavy atom. The fraction of sp³-hybridized carbons (Fsp3) is 0.667. The van der Waals surface area contributed by atoms with Crippen molar-refractivity contribution in [3.05, 3.63) is 30.1 Å². The third-order valence-electron chi connectivity index (χ3n) is 3.52. The maximum Gasteiger partial charge on any atom is 0.0590 e. The van der Waals surface area contributed by atoms with E-state index in [0.717, 1.165) is 26.0 Å². The van der Waals surface area contributed by atoms with E-state index < -0.39 is 0 Å². The van der Waals surface area contributed by atoms with E-state index in [1.165, 1.54) is 24.8 Å². The number of rotatable bonds is 6. The first kappa shape index (κ1) is 13.5. The maximum atomic E-state index is 5.84. The lowest BCUT2D eigenvalue weighted by molar-refractivity contribution is 0.00535. The van der Waals surface area contributed by atoms with Crippen molar-refractivity contribution in [2.24, 2.45) is 0 Å². The fourth-order valence-electron chi connectivity index (χ4n) is 2.64. The van der Waals surface area contributed by atoms with E-state index in [2.05, 4.69) is 23.3 Å². The molecule has 1 aromatic rings. The summed E-state index contributed by atoms with van der Waals surface area (Å²) in [5, 5.41) is 3.57. The smallest absolute Gasteiger partial charge is 0.0590 e. The molecular formula is C15H24N2O. The number of likely N-dealkylation sites (N-methyl/N-ethyl adjacent to an activating group) is 1. The van der Waals surface area contributed by atoms with Gasteiger partial charge in [0, 0.05) is 25.0 Å². The molecule has 2 rings (SSSR count). The van der Waals surface area contributed by atoms with Crippen LogP contribution in [0.4, 0.5) is 0 Å². The van der Waals surface area contributed by atoms with E-state index >= 15 is 0 Å². The van der Waals surface area contributed by atoms with Gasteiger partial charge < -0.3 is 10.1 Å². The Hall–Kier alpha value is -0.930. The van der Waals surface area contributed by atoms with Crippen molar-refractivity contribution in [1.82, 2.24) is 10.3 Å². The van der Waals surface area contributed by atoms with Crippen LogP contribution in [0.3, 0.4) is 0 Å². The lowest BCUT2D eigenvalue weighted by Crippen LogP contribution is -2.36. The molecule has 1 saturated heterocycles. The molecule has 1 aromatic heterocycles. The SMILES string of the molecule is CCNC(Cc1cccnc1)CC1CCCCO1. The molecule has 1 N–H and O–H groups in total. The van der Waals surface area contributed by atoms with Gasteiger partial charge in [-0.25, -0.2) is 0 Å². The highest BCUT2D eigenvalue weighted by Crippen LogP contribution is 2.18. The van der Waals surface area contributed by atoms with Crippen LogP contribution in [0.2, 0.25) is 0 Å². The number of nitrogens with zero attached hydrogens (tertiary/aromatic N) is 1. The van der Waals surface area contributed by atoms with Gasteiger partial charge in [-0.05, 0) is 50.3 Å². The Labute approximate surface area is 110 Å². The minimum atomic E-state index is 0.444. The van der Waals surface area contributed by atoms with E-state index in [-0.39, 0.29) is 0 Å². The average molecular weight is 248 g/mol.